The number of para-hydroxylation sites is 2. The van der Waals surface area contributed by atoms with Gasteiger partial charge in [-0.05, 0) is 43.4 Å². The molecule has 4 nitrogen and oxygen atoms in total. The molecule has 118 valence electrons. The van der Waals surface area contributed by atoms with Crippen molar-refractivity contribution in [1.82, 2.24) is 15.3 Å². The molecule has 3 rings (SSSR count). The van der Waals surface area contributed by atoms with E-state index in [1.54, 1.807) is 11.8 Å². The second-order valence-electron chi connectivity index (χ2n) is 5.96. The fourth-order valence-corrected chi connectivity index (χ4v) is 3.60. The minimum atomic E-state index is -0.0204. The Balaban J connectivity index is 1.77. The fourth-order valence-electron chi connectivity index (χ4n) is 3.13. The number of carbonyl (C=O) groups is 1. The molecule has 1 saturated carbocycles. The second kappa shape index (κ2) is 7.18. The smallest absolute Gasteiger partial charge is 0.223 e. The first-order valence-corrected chi connectivity index (χ1v) is 9.41. The molecule has 2 N–H and O–H groups in total. The number of aromatic nitrogens is 2. The van der Waals surface area contributed by atoms with Crippen LogP contribution in [0, 0.1) is 5.92 Å². The highest BCUT2D eigenvalue weighted by molar-refractivity contribution is 7.98. The van der Waals surface area contributed by atoms with E-state index < -0.39 is 0 Å². The summed E-state index contributed by atoms with van der Waals surface area (Å²) < 4.78 is 0. The predicted octanol–water partition coefficient (Wildman–Crippen LogP) is 3.66. The van der Waals surface area contributed by atoms with Crippen LogP contribution in [0.4, 0.5) is 0 Å². The summed E-state index contributed by atoms with van der Waals surface area (Å²) in [6, 6.07) is 7.99. The molecule has 1 aromatic carbocycles. The molecule has 1 atom stereocenters. The van der Waals surface area contributed by atoms with Crippen LogP contribution in [-0.2, 0) is 4.79 Å². The van der Waals surface area contributed by atoms with Crippen LogP contribution >= 0.6 is 11.8 Å². The van der Waals surface area contributed by atoms with Gasteiger partial charge in [0, 0.05) is 5.92 Å². The van der Waals surface area contributed by atoms with Gasteiger partial charge in [-0.15, -0.1) is 0 Å². The molecule has 1 heterocycles. The summed E-state index contributed by atoms with van der Waals surface area (Å²) >= 11 is 1.80. The van der Waals surface area contributed by atoms with Crippen molar-refractivity contribution < 1.29 is 4.79 Å². The van der Waals surface area contributed by atoms with E-state index in [1.165, 1.54) is 12.8 Å². The largest absolute Gasteiger partial charge is 0.346 e. The highest BCUT2D eigenvalue weighted by Gasteiger charge is 2.26. The van der Waals surface area contributed by atoms with Crippen molar-refractivity contribution in [2.24, 2.45) is 5.92 Å². The van der Waals surface area contributed by atoms with Crippen LogP contribution < -0.4 is 5.32 Å². The molecule has 2 aromatic rings. The zero-order valence-corrected chi connectivity index (χ0v) is 13.8. The SMILES string of the molecule is CSCC[C@H](NC(=O)C1CCCC1)c1nc2ccccc2[nH]1. The molecule has 22 heavy (non-hydrogen) atoms. The topological polar surface area (TPSA) is 57.8 Å². The third-order valence-corrected chi connectivity index (χ3v) is 5.03. The van der Waals surface area contributed by atoms with Gasteiger partial charge in [0.05, 0.1) is 17.1 Å². The minimum absolute atomic E-state index is 0.0204. The molecule has 1 aliphatic carbocycles. The number of hydrogen-bond donors (Lipinski definition) is 2. The van der Waals surface area contributed by atoms with Gasteiger partial charge in [0.25, 0.3) is 0 Å². The van der Waals surface area contributed by atoms with Crippen molar-refractivity contribution in [3.05, 3.63) is 30.1 Å². The van der Waals surface area contributed by atoms with Gasteiger partial charge < -0.3 is 10.3 Å². The van der Waals surface area contributed by atoms with Crippen molar-refractivity contribution in [2.75, 3.05) is 12.0 Å². The first kappa shape index (κ1) is 15.4. The maximum absolute atomic E-state index is 12.4. The molecular formula is C17H23N3OS. The number of fused-ring (bicyclic) bond motifs is 1. The number of amides is 1. The number of nitrogens with one attached hydrogen (secondary N) is 2. The molecule has 0 aliphatic heterocycles. The predicted molar refractivity (Wildman–Crippen MR) is 91.9 cm³/mol. The van der Waals surface area contributed by atoms with Gasteiger partial charge in [0.1, 0.15) is 5.82 Å². The van der Waals surface area contributed by atoms with E-state index >= 15 is 0 Å². The molecule has 1 fully saturated rings. The van der Waals surface area contributed by atoms with E-state index in [0.717, 1.165) is 41.9 Å². The third kappa shape index (κ3) is 3.46. The van der Waals surface area contributed by atoms with Gasteiger partial charge >= 0.3 is 0 Å². The summed E-state index contributed by atoms with van der Waals surface area (Å²) in [5.74, 6) is 2.28. The zero-order valence-electron chi connectivity index (χ0n) is 13.0. The quantitative estimate of drug-likeness (QED) is 0.855. The van der Waals surface area contributed by atoms with Crippen molar-refractivity contribution in [3.63, 3.8) is 0 Å². The van der Waals surface area contributed by atoms with E-state index in [-0.39, 0.29) is 17.9 Å². The maximum atomic E-state index is 12.4. The van der Waals surface area contributed by atoms with E-state index in [1.807, 2.05) is 24.3 Å². The molecule has 0 bridgehead atoms. The number of thioether (sulfide) groups is 1. The lowest BCUT2D eigenvalue weighted by atomic mass is 10.1. The lowest BCUT2D eigenvalue weighted by Crippen LogP contribution is -2.34. The Bertz CT molecular complexity index is 601. The number of benzene rings is 1. The summed E-state index contributed by atoms with van der Waals surface area (Å²) in [4.78, 5) is 20.5. The molecular weight excluding hydrogens is 294 g/mol. The number of nitrogens with zero attached hydrogens (tertiary/aromatic N) is 1. The van der Waals surface area contributed by atoms with Crippen molar-refractivity contribution in [1.29, 1.82) is 0 Å². The van der Waals surface area contributed by atoms with Gasteiger partial charge in [-0.3, -0.25) is 4.79 Å². The molecule has 1 aromatic heterocycles. The van der Waals surface area contributed by atoms with Crippen LogP contribution in [0.1, 0.15) is 44.0 Å². The Morgan fingerprint density at radius 3 is 2.91 bits per heavy atom. The lowest BCUT2D eigenvalue weighted by molar-refractivity contribution is -0.125. The summed E-state index contributed by atoms with van der Waals surface area (Å²) in [6.07, 6.45) is 7.41. The minimum Gasteiger partial charge on any atom is -0.346 e. The molecule has 0 radical (unpaired) electrons. The van der Waals surface area contributed by atoms with Gasteiger partial charge in [0.2, 0.25) is 5.91 Å². The molecule has 0 unspecified atom stereocenters. The molecule has 0 spiro atoms. The number of hydrogen-bond acceptors (Lipinski definition) is 3. The fraction of sp³-hybridized carbons (Fsp3) is 0.529. The van der Waals surface area contributed by atoms with Crippen LogP contribution in [0.15, 0.2) is 24.3 Å². The van der Waals surface area contributed by atoms with Gasteiger partial charge in [-0.2, -0.15) is 11.8 Å². The third-order valence-electron chi connectivity index (χ3n) is 4.39. The number of H-pyrrole nitrogens is 1. The van der Waals surface area contributed by atoms with Crippen LogP contribution in [0.3, 0.4) is 0 Å². The van der Waals surface area contributed by atoms with Crippen molar-refractivity contribution in [2.45, 2.75) is 38.1 Å². The molecule has 5 heteroatoms. The average Bonchev–Trinajstić information content (AvgIpc) is 3.19. The second-order valence-corrected chi connectivity index (χ2v) is 6.95. The van der Waals surface area contributed by atoms with Gasteiger partial charge in [-0.1, -0.05) is 25.0 Å². The Labute approximate surface area is 135 Å². The van der Waals surface area contributed by atoms with Crippen LogP contribution in [0.5, 0.6) is 0 Å². The van der Waals surface area contributed by atoms with Crippen LogP contribution in [0.2, 0.25) is 0 Å². The molecule has 1 amide bonds. The summed E-state index contributed by atoms with van der Waals surface area (Å²) in [6.45, 7) is 0. The monoisotopic (exact) mass is 317 g/mol. The number of carbonyl (C=O) groups excluding carboxylic acids is 1. The first-order valence-electron chi connectivity index (χ1n) is 8.02. The highest BCUT2D eigenvalue weighted by atomic mass is 32.2. The zero-order chi connectivity index (χ0) is 15.4. The van der Waals surface area contributed by atoms with E-state index in [2.05, 4.69) is 21.5 Å². The first-order chi connectivity index (χ1) is 10.8. The Kier molecular flexibility index (Phi) is 5.03. The standard InChI is InChI=1S/C17H23N3OS/c1-22-11-10-15(20-17(21)12-6-2-3-7-12)16-18-13-8-4-5-9-14(13)19-16/h4-5,8-9,12,15H,2-3,6-7,10-11H2,1H3,(H,18,19)(H,20,21)/t15-/m0/s1. The summed E-state index contributed by atoms with van der Waals surface area (Å²) in [5.41, 5.74) is 1.99. The highest BCUT2D eigenvalue weighted by Crippen LogP contribution is 2.27. The average molecular weight is 317 g/mol. The Morgan fingerprint density at radius 1 is 1.41 bits per heavy atom. The van der Waals surface area contributed by atoms with E-state index in [4.69, 9.17) is 0 Å². The van der Waals surface area contributed by atoms with Crippen LogP contribution in [0.25, 0.3) is 11.0 Å². The van der Waals surface area contributed by atoms with Gasteiger partial charge in [0.15, 0.2) is 0 Å². The van der Waals surface area contributed by atoms with Gasteiger partial charge in [-0.25, -0.2) is 4.98 Å². The van der Waals surface area contributed by atoms with Crippen molar-refractivity contribution in [3.8, 4) is 0 Å². The Hall–Kier alpha value is -1.49. The van der Waals surface area contributed by atoms with E-state index in [0.29, 0.717) is 0 Å². The Morgan fingerprint density at radius 2 is 2.18 bits per heavy atom. The van der Waals surface area contributed by atoms with Crippen molar-refractivity contribution >= 4 is 28.7 Å². The summed E-state index contributed by atoms with van der Waals surface area (Å²) in [7, 11) is 0. The normalized spacial score (nSPS) is 17.0. The van der Waals surface area contributed by atoms with E-state index in [9.17, 15) is 4.79 Å². The summed E-state index contributed by atoms with van der Waals surface area (Å²) in [5, 5.41) is 3.22. The number of imidazole rings is 1. The number of aromatic amines is 1. The lowest BCUT2D eigenvalue weighted by Gasteiger charge is -2.19. The maximum Gasteiger partial charge on any atom is 0.223 e. The molecule has 0 saturated heterocycles. The number of rotatable bonds is 6. The van der Waals surface area contributed by atoms with Crippen LogP contribution in [-0.4, -0.2) is 27.9 Å². The molecule has 1 aliphatic rings.